The zero-order valence-electron chi connectivity index (χ0n) is 21.4. The van der Waals surface area contributed by atoms with E-state index in [0.29, 0.717) is 16.4 Å². The van der Waals surface area contributed by atoms with Crippen molar-refractivity contribution in [2.75, 3.05) is 35.4 Å². The lowest BCUT2D eigenvalue weighted by Gasteiger charge is -2.14. The van der Waals surface area contributed by atoms with E-state index in [4.69, 9.17) is 0 Å². The Balaban J connectivity index is 1.48. The number of anilines is 3. The summed E-state index contributed by atoms with van der Waals surface area (Å²) in [6, 6.07) is 23.5. The number of carbonyl (C=O) groups is 3. The number of hydrogen-bond acceptors (Lipinski definition) is 7. The molecule has 4 aromatic rings. The lowest BCUT2D eigenvalue weighted by molar-refractivity contribution is -0.114. The molecule has 10 heteroatoms. The second-order valence-corrected chi connectivity index (χ2v) is 10.5. The summed E-state index contributed by atoms with van der Waals surface area (Å²) in [6.45, 7) is 0. The van der Waals surface area contributed by atoms with Gasteiger partial charge in [0.25, 0.3) is 11.8 Å². The Bertz CT molecular complexity index is 1450. The molecule has 0 fully saturated rings. The maximum absolute atomic E-state index is 13.3. The van der Waals surface area contributed by atoms with Gasteiger partial charge in [-0.1, -0.05) is 36.4 Å². The number of nitrogens with one attached hydrogen (secondary N) is 3. The van der Waals surface area contributed by atoms with Crippen LogP contribution in [0.3, 0.4) is 0 Å². The summed E-state index contributed by atoms with van der Waals surface area (Å²) >= 11 is 2.69. The van der Waals surface area contributed by atoms with Gasteiger partial charge in [-0.15, -0.1) is 23.1 Å². The lowest BCUT2D eigenvalue weighted by atomic mass is 10.1. The predicted octanol–water partition coefficient (Wildman–Crippen LogP) is 5.35. The molecular formula is C29H27N5O3S2. The zero-order valence-corrected chi connectivity index (χ0v) is 23.0. The van der Waals surface area contributed by atoms with Crippen molar-refractivity contribution >= 4 is 63.4 Å². The standard InChI is InChI=1S/C29H27N5O3S2/c1-34(2)23-13-11-20(12-14-23)17-25(32-27(36)21-7-4-3-5-8-21)28(37)31-22-9-6-10-24(18-22)39-19-26(35)33-29-30-15-16-38-29/h3-18H,19H2,1-2H3,(H,31,37)(H,32,36)(H,30,33,35)/b25-17+. The fraction of sp³-hybridized carbons (Fsp3) is 0.103. The van der Waals surface area contributed by atoms with Crippen LogP contribution in [0.1, 0.15) is 15.9 Å². The highest BCUT2D eigenvalue weighted by Gasteiger charge is 2.16. The number of hydrogen-bond donors (Lipinski definition) is 3. The maximum atomic E-state index is 13.3. The Morgan fingerprint density at radius 3 is 2.41 bits per heavy atom. The first kappa shape index (κ1) is 27.6. The van der Waals surface area contributed by atoms with Gasteiger partial charge in [-0.25, -0.2) is 4.98 Å². The molecule has 4 rings (SSSR count). The Kier molecular flexibility index (Phi) is 9.49. The number of amides is 3. The van der Waals surface area contributed by atoms with Crippen molar-refractivity contribution in [2.24, 2.45) is 0 Å². The highest BCUT2D eigenvalue weighted by molar-refractivity contribution is 8.00. The van der Waals surface area contributed by atoms with Gasteiger partial charge in [0.15, 0.2) is 5.13 Å². The van der Waals surface area contributed by atoms with E-state index < -0.39 is 11.8 Å². The van der Waals surface area contributed by atoms with Crippen LogP contribution < -0.4 is 20.9 Å². The number of rotatable bonds is 10. The van der Waals surface area contributed by atoms with Gasteiger partial charge in [-0.3, -0.25) is 14.4 Å². The van der Waals surface area contributed by atoms with Crippen molar-refractivity contribution in [1.29, 1.82) is 0 Å². The van der Waals surface area contributed by atoms with Crippen LogP contribution in [0.15, 0.2) is 101 Å². The molecule has 1 aromatic heterocycles. The quantitative estimate of drug-likeness (QED) is 0.179. The minimum absolute atomic E-state index is 0.0994. The summed E-state index contributed by atoms with van der Waals surface area (Å²) in [4.78, 5) is 45.2. The first-order chi connectivity index (χ1) is 18.9. The van der Waals surface area contributed by atoms with E-state index in [-0.39, 0.29) is 17.4 Å². The van der Waals surface area contributed by atoms with Crippen LogP contribution in [0.4, 0.5) is 16.5 Å². The van der Waals surface area contributed by atoms with E-state index >= 15 is 0 Å². The van der Waals surface area contributed by atoms with E-state index in [2.05, 4.69) is 20.9 Å². The van der Waals surface area contributed by atoms with Crippen LogP contribution in [0.2, 0.25) is 0 Å². The summed E-state index contributed by atoms with van der Waals surface area (Å²) in [5.41, 5.74) is 2.85. The largest absolute Gasteiger partial charge is 0.378 e. The molecule has 8 nitrogen and oxygen atoms in total. The third-order valence-corrected chi connectivity index (χ3v) is 7.07. The van der Waals surface area contributed by atoms with Crippen molar-refractivity contribution in [2.45, 2.75) is 4.90 Å². The molecule has 3 amide bonds. The molecule has 0 aliphatic carbocycles. The lowest BCUT2D eigenvalue weighted by Crippen LogP contribution is -2.30. The molecule has 39 heavy (non-hydrogen) atoms. The fourth-order valence-corrected chi connectivity index (χ4v) is 4.73. The first-order valence-corrected chi connectivity index (χ1v) is 13.8. The van der Waals surface area contributed by atoms with Crippen LogP contribution >= 0.6 is 23.1 Å². The number of nitrogens with zero attached hydrogens (tertiary/aromatic N) is 2. The van der Waals surface area contributed by atoms with Gasteiger partial charge in [0.2, 0.25) is 5.91 Å². The average Bonchev–Trinajstić information content (AvgIpc) is 3.45. The van der Waals surface area contributed by atoms with E-state index in [1.807, 2.05) is 55.4 Å². The minimum atomic E-state index is -0.473. The summed E-state index contributed by atoms with van der Waals surface area (Å²) in [5, 5.41) is 10.7. The van der Waals surface area contributed by atoms with Gasteiger partial charge in [0.05, 0.1) is 5.75 Å². The molecule has 0 saturated carbocycles. The highest BCUT2D eigenvalue weighted by Crippen LogP contribution is 2.23. The predicted molar refractivity (Wildman–Crippen MR) is 159 cm³/mol. The normalized spacial score (nSPS) is 11.0. The van der Waals surface area contributed by atoms with Crippen molar-refractivity contribution in [1.82, 2.24) is 10.3 Å². The minimum Gasteiger partial charge on any atom is -0.378 e. The van der Waals surface area contributed by atoms with Crippen LogP contribution in [0, 0.1) is 0 Å². The zero-order chi connectivity index (χ0) is 27.6. The van der Waals surface area contributed by atoms with E-state index in [0.717, 1.165) is 16.1 Å². The molecule has 0 spiro atoms. The molecule has 3 aromatic carbocycles. The molecule has 0 atom stereocenters. The van der Waals surface area contributed by atoms with Crippen molar-refractivity contribution in [3.05, 3.63) is 107 Å². The molecule has 0 unspecified atom stereocenters. The van der Waals surface area contributed by atoms with Crippen LogP contribution in [0.25, 0.3) is 6.08 Å². The summed E-state index contributed by atoms with van der Waals surface area (Å²) in [5.74, 6) is -0.839. The molecule has 0 aliphatic heterocycles. The summed E-state index contributed by atoms with van der Waals surface area (Å²) in [6.07, 6.45) is 3.26. The number of benzene rings is 3. The maximum Gasteiger partial charge on any atom is 0.272 e. The molecule has 0 bridgehead atoms. The van der Waals surface area contributed by atoms with Gasteiger partial charge >= 0.3 is 0 Å². The third kappa shape index (κ3) is 8.29. The Hall–Kier alpha value is -4.41. The van der Waals surface area contributed by atoms with Crippen molar-refractivity contribution in [3.8, 4) is 0 Å². The van der Waals surface area contributed by atoms with Crippen LogP contribution in [-0.4, -0.2) is 42.6 Å². The molecule has 198 valence electrons. The molecule has 0 radical (unpaired) electrons. The monoisotopic (exact) mass is 557 g/mol. The van der Waals surface area contributed by atoms with Gasteiger partial charge < -0.3 is 20.9 Å². The van der Waals surface area contributed by atoms with Crippen LogP contribution in [0.5, 0.6) is 0 Å². The smallest absolute Gasteiger partial charge is 0.272 e. The fourth-order valence-electron chi connectivity index (χ4n) is 3.43. The first-order valence-electron chi connectivity index (χ1n) is 12.0. The highest BCUT2D eigenvalue weighted by atomic mass is 32.2. The molecule has 0 aliphatic rings. The molecule has 3 N–H and O–H groups in total. The Morgan fingerprint density at radius 2 is 1.72 bits per heavy atom. The third-order valence-electron chi connectivity index (χ3n) is 5.39. The van der Waals surface area contributed by atoms with E-state index in [9.17, 15) is 14.4 Å². The average molecular weight is 558 g/mol. The van der Waals surface area contributed by atoms with Crippen molar-refractivity contribution < 1.29 is 14.4 Å². The number of thioether (sulfide) groups is 1. The Labute approximate surface area is 235 Å². The number of carbonyl (C=O) groups excluding carboxylic acids is 3. The van der Waals surface area contributed by atoms with Gasteiger partial charge in [-0.05, 0) is 54.1 Å². The second kappa shape index (κ2) is 13.4. The molecular weight excluding hydrogens is 530 g/mol. The Morgan fingerprint density at radius 1 is 0.949 bits per heavy atom. The molecule has 1 heterocycles. The second-order valence-electron chi connectivity index (χ2n) is 8.52. The van der Waals surface area contributed by atoms with Gasteiger partial charge in [0.1, 0.15) is 5.70 Å². The summed E-state index contributed by atoms with van der Waals surface area (Å²) < 4.78 is 0. The van der Waals surface area contributed by atoms with Crippen LogP contribution in [-0.2, 0) is 9.59 Å². The van der Waals surface area contributed by atoms with Crippen molar-refractivity contribution in [3.63, 3.8) is 0 Å². The number of thiazole rings is 1. The molecule has 0 saturated heterocycles. The van der Waals surface area contributed by atoms with Gasteiger partial charge in [0, 0.05) is 47.5 Å². The van der Waals surface area contributed by atoms with E-state index in [1.54, 1.807) is 60.1 Å². The van der Waals surface area contributed by atoms with E-state index in [1.165, 1.54) is 23.1 Å². The topological polar surface area (TPSA) is 103 Å². The summed E-state index contributed by atoms with van der Waals surface area (Å²) in [7, 11) is 3.90. The number of aromatic nitrogens is 1. The van der Waals surface area contributed by atoms with Gasteiger partial charge in [-0.2, -0.15) is 0 Å². The SMILES string of the molecule is CN(C)c1ccc(/C=C(/NC(=O)c2ccccc2)C(=O)Nc2cccc(SCC(=O)Nc3nccs3)c2)cc1.